The normalized spacial score (nSPS) is 27.8. The molecule has 2 bridgehead atoms. The first-order valence-corrected chi connectivity index (χ1v) is 7.49. The molecule has 3 unspecified atom stereocenters. The van der Waals surface area contributed by atoms with Crippen LogP contribution in [0.4, 0.5) is 0 Å². The summed E-state index contributed by atoms with van der Waals surface area (Å²) in [6.07, 6.45) is 6.83. The Morgan fingerprint density at radius 3 is 2.80 bits per heavy atom. The first kappa shape index (κ1) is 13.4. The van der Waals surface area contributed by atoms with Crippen LogP contribution < -0.4 is 5.43 Å². The van der Waals surface area contributed by atoms with Crippen molar-refractivity contribution < 1.29 is 4.79 Å². The van der Waals surface area contributed by atoms with Crippen LogP contribution in [0, 0.1) is 24.7 Å². The summed E-state index contributed by atoms with van der Waals surface area (Å²) in [7, 11) is 1.81. The van der Waals surface area contributed by atoms with Gasteiger partial charge in [-0.2, -0.15) is 0 Å². The van der Waals surface area contributed by atoms with Gasteiger partial charge in [-0.1, -0.05) is 6.42 Å². The third-order valence-corrected chi connectivity index (χ3v) is 5.03. The number of H-pyrrole nitrogens is 1. The van der Waals surface area contributed by atoms with Gasteiger partial charge in [-0.05, 0) is 43.9 Å². The topological polar surface area (TPSA) is 53.2 Å². The summed E-state index contributed by atoms with van der Waals surface area (Å²) in [6.45, 7) is 2.60. The van der Waals surface area contributed by atoms with Crippen LogP contribution in [0.25, 0.3) is 0 Å². The molecular formula is C16H22N2O2. The highest BCUT2D eigenvalue weighted by molar-refractivity contribution is 5.93. The molecule has 4 heteroatoms. The average molecular weight is 274 g/mol. The fourth-order valence-electron chi connectivity index (χ4n) is 3.98. The van der Waals surface area contributed by atoms with Crippen LogP contribution in [-0.2, 0) is 0 Å². The van der Waals surface area contributed by atoms with Crippen LogP contribution in [0.3, 0.4) is 0 Å². The van der Waals surface area contributed by atoms with Crippen molar-refractivity contribution in [1.82, 2.24) is 9.88 Å². The van der Waals surface area contributed by atoms with Crippen LogP contribution in [0.1, 0.15) is 41.7 Å². The Bertz CT molecular complexity index is 578. The van der Waals surface area contributed by atoms with E-state index < -0.39 is 0 Å². The number of rotatable bonds is 3. The Labute approximate surface area is 119 Å². The fourth-order valence-corrected chi connectivity index (χ4v) is 3.98. The lowest BCUT2D eigenvalue weighted by Gasteiger charge is -2.27. The minimum Gasteiger partial charge on any atom is -0.364 e. The molecule has 1 amide bonds. The Hall–Kier alpha value is -1.58. The average Bonchev–Trinajstić information content (AvgIpc) is 3.00. The van der Waals surface area contributed by atoms with Gasteiger partial charge in [0.25, 0.3) is 5.91 Å². The third-order valence-electron chi connectivity index (χ3n) is 5.03. The summed E-state index contributed by atoms with van der Waals surface area (Å²) in [5, 5.41) is 0. The van der Waals surface area contributed by atoms with E-state index in [1.165, 1.54) is 37.9 Å². The molecule has 0 spiro atoms. The molecule has 0 aliphatic heterocycles. The van der Waals surface area contributed by atoms with Crippen molar-refractivity contribution in [1.29, 1.82) is 0 Å². The minimum atomic E-state index is -0.189. The largest absolute Gasteiger partial charge is 0.364 e. The van der Waals surface area contributed by atoms with Crippen molar-refractivity contribution in [2.75, 3.05) is 13.6 Å². The zero-order valence-electron chi connectivity index (χ0n) is 12.2. The molecule has 3 rings (SSSR count). The van der Waals surface area contributed by atoms with E-state index in [4.69, 9.17) is 0 Å². The minimum absolute atomic E-state index is 0.158. The van der Waals surface area contributed by atoms with Crippen molar-refractivity contribution in [2.24, 2.45) is 17.8 Å². The zero-order chi connectivity index (χ0) is 14.3. The summed E-state index contributed by atoms with van der Waals surface area (Å²) in [4.78, 5) is 28.9. The summed E-state index contributed by atoms with van der Waals surface area (Å²) < 4.78 is 0. The SMILES string of the molecule is Cc1cc(=O)c(C(=O)N(C)CC2CC3CCC2C3)c[nH]1. The zero-order valence-corrected chi connectivity index (χ0v) is 12.2. The van der Waals surface area contributed by atoms with Crippen LogP contribution in [0.15, 0.2) is 17.1 Å². The molecular weight excluding hydrogens is 252 g/mol. The number of hydrogen-bond acceptors (Lipinski definition) is 2. The summed E-state index contributed by atoms with van der Waals surface area (Å²) >= 11 is 0. The second-order valence-corrected chi connectivity index (χ2v) is 6.51. The second-order valence-electron chi connectivity index (χ2n) is 6.51. The lowest BCUT2D eigenvalue weighted by molar-refractivity contribution is 0.0752. The molecule has 4 nitrogen and oxygen atoms in total. The Balaban J connectivity index is 1.69. The molecule has 108 valence electrons. The number of carbonyl (C=O) groups excluding carboxylic acids is 1. The van der Waals surface area contributed by atoms with Crippen LogP contribution in [0.2, 0.25) is 0 Å². The van der Waals surface area contributed by atoms with E-state index in [1.54, 1.807) is 4.90 Å². The van der Waals surface area contributed by atoms with Gasteiger partial charge >= 0.3 is 0 Å². The lowest BCUT2D eigenvalue weighted by atomic mass is 9.88. The molecule has 2 aliphatic rings. The number of nitrogens with zero attached hydrogens (tertiary/aromatic N) is 1. The van der Waals surface area contributed by atoms with Crippen LogP contribution in [0.5, 0.6) is 0 Å². The summed E-state index contributed by atoms with van der Waals surface area (Å²) in [6, 6.07) is 1.48. The molecule has 1 heterocycles. The summed E-state index contributed by atoms with van der Waals surface area (Å²) in [5.41, 5.74) is 0.842. The van der Waals surface area contributed by atoms with Crippen molar-refractivity contribution >= 4 is 5.91 Å². The maximum absolute atomic E-state index is 12.4. The number of amides is 1. The molecule has 1 N–H and O–H groups in total. The van der Waals surface area contributed by atoms with Gasteiger partial charge in [0, 0.05) is 31.5 Å². The van der Waals surface area contributed by atoms with Gasteiger partial charge in [0.15, 0.2) is 5.43 Å². The smallest absolute Gasteiger partial charge is 0.259 e. The Morgan fingerprint density at radius 2 is 2.20 bits per heavy atom. The number of aromatic amines is 1. The molecule has 0 saturated heterocycles. The molecule has 0 aromatic carbocycles. The van der Waals surface area contributed by atoms with E-state index in [0.29, 0.717) is 5.92 Å². The van der Waals surface area contributed by atoms with E-state index in [-0.39, 0.29) is 16.9 Å². The summed E-state index contributed by atoms with van der Waals surface area (Å²) in [5.74, 6) is 2.16. The highest BCUT2D eigenvalue weighted by Crippen LogP contribution is 2.48. The number of carbonyl (C=O) groups is 1. The van der Waals surface area contributed by atoms with E-state index in [1.807, 2.05) is 14.0 Å². The Morgan fingerprint density at radius 1 is 1.40 bits per heavy atom. The molecule has 1 aromatic heterocycles. The maximum atomic E-state index is 12.4. The highest BCUT2D eigenvalue weighted by atomic mass is 16.2. The monoisotopic (exact) mass is 274 g/mol. The predicted octanol–water partition coefficient (Wildman–Crippen LogP) is 2.19. The number of aryl methyl sites for hydroxylation is 1. The molecule has 3 atom stereocenters. The number of aromatic nitrogens is 1. The van der Waals surface area contributed by atoms with Gasteiger partial charge in [0.1, 0.15) is 5.56 Å². The molecule has 2 aliphatic carbocycles. The van der Waals surface area contributed by atoms with Gasteiger partial charge in [0.2, 0.25) is 0 Å². The van der Waals surface area contributed by atoms with E-state index in [9.17, 15) is 9.59 Å². The van der Waals surface area contributed by atoms with Crippen LogP contribution >= 0.6 is 0 Å². The molecule has 2 fully saturated rings. The number of fused-ring (bicyclic) bond motifs is 2. The van der Waals surface area contributed by atoms with Gasteiger partial charge in [0.05, 0.1) is 0 Å². The molecule has 0 radical (unpaired) electrons. The fraction of sp³-hybridized carbons (Fsp3) is 0.625. The number of hydrogen-bond donors (Lipinski definition) is 1. The van der Waals surface area contributed by atoms with E-state index >= 15 is 0 Å². The van der Waals surface area contributed by atoms with Gasteiger partial charge < -0.3 is 9.88 Å². The van der Waals surface area contributed by atoms with Gasteiger partial charge in [-0.3, -0.25) is 9.59 Å². The molecule has 2 saturated carbocycles. The van der Waals surface area contributed by atoms with Crippen LogP contribution in [-0.4, -0.2) is 29.4 Å². The van der Waals surface area contributed by atoms with Gasteiger partial charge in [-0.25, -0.2) is 0 Å². The number of pyridine rings is 1. The standard InChI is InChI=1S/C16H22N2O2/c1-10-5-15(19)14(8-17-10)16(20)18(2)9-13-7-11-3-4-12(13)6-11/h5,8,11-13H,3-4,6-7,9H2,1-2H3,(H,17,19). The van der Waals surface area contributed by atoms with Crippen molar-refractivity contribution in [2.45, 2.75) is 32.6 Å². The highest BCUT2D eigenvalue weighted by Gasteiger charge is 2.40. The quantitative estimate of drug-likeness (QED) is 0.918. The van der Waals surface area contributed by atoms with Crippen molar-refractivity contribution in [3.8, 4) is 0 Å². The Kier molecular flexibility index (Phi) is 3.40. The third kappa shape index (κ3) is 2.39. The first-order chi connectivity index (χ1) is 9.54. The van der Waals surface area contributed by atoms with Gasteiger partial charge in [-0.15, -0.1) is 0 Å². The van der Waals surface area contributed by atoms with E-state index in [2.05, 4.69) is 4.98 Å². The number of nitrogens with one attached hydrogen (secondary N) is 1. The molecule has 20 heavy (non-hydrogen) atoms. The van der Waals surface area contributed by atoms with E-state index in [0.717, 1.165) is 24.1 Å². The predicted molar refractivity (Wildman–Crippen MR) is 77.7 cm³/mol. The molecule has 1 aromatic rings. The van der Waals surface area contributed by atoms with Crippen molar-refractivity contribution in [3.63, 3.8) is 0 Å². The maximum Gasteiger partial charge on any atom is 0.259 e. The second kappa shape index (κ2) is 5.08. The van der Waals surface area contributed by atoms with Crippen molar-refractivity contribution in [3.05, 3.63) is 33.7 Å². The first-order valence-electron chi connectivity index (χ1n) is 7.49. The lowest BCUT2D eigenvalue weighted by Crippen LogP contribution is -2.36.